The molecule has 0 aromatic carbocycles. The molecule has 3 rings (SSSR count). The van der Waals surface area contributed by atoms with E-state index in [1.807, 2.05) is 19.1 Å². The van der Waals surface area contributed by atoms with Crippen molar-refractivity contribution in [1.29, 1.82) is 0 Å². The van der Waals surface area contributed by atoms with Crippen LogP contribution in [0.25, 0.3) is 0 Å². The first-order valence-electron chi connectivity index (χ1n) is 4.83. The number of fused-ring (bicyclic) bond motifs is 2. The quantitative estimate of drug-likeness (QED) is 0.602. The molecule has 0 amide bonds. The molecular weight excluding hydrogens is 164 g/mol. The number of ether oxygens (including phenoxy) is 1. The summed E-state index contributed by atoms with van der Waals surface area (Å²) in [5.41, 5.74) is 0. The highest BCUT2D eigenvalue weighted by Crippen LogP contribution is 2.30. The molecule has 0 saturated heterocycles. The first-order chi connectivity index (χ1) is 6.31. The molecule has 2 bridgehead atoms. The van der Waals surface area contributed by atoms with E-state index >= 15 is 0 Å². The molecule has 3 atom stereocenters. The predicted octanol–water partition coefficient (Wildman–Crippen LogP) is 1.72. The zero-order valence-corrected chi connectivity index (χ0v) is 7.77. The molecule has 70 valence electrons. The second kappa shape index (κ2) is 3.46. The fourth-order valence-corrected chi connectivity index (χ4v) is 1.99. The number of hydrogen-bond acceptors (Lipinski definition) is 2. The summed E-state index contributed by atoms with van der Waals surface area (Å²) in [7, 11) is 0. The third-order valence-corrected chi connectivity index (χ3v) is 2.71. The van der Waals surface area contributed by atoms with Gasteiger partial charge in [0.2, 0.25) is 0 Å². The Morgan fingerprint density at radius 1 is 1.46 bits per heavy atom. The first-order valence-corrected chi connectivity index (χ1v) is 4.83. The summed E-state index contributed by atoms with van der Waals surface area (Å²) in [5.74, 6) is 0.593. The molecule has 0 aromatic rings. The lowest BCUT2D eigenvalue weighted by molar-refractivity contribution is -0.118. The molecule has 0 saturated carbocycles. The maximum absolute atomic E-state index is 11.4. The molecule has 2 heteroatoms. The van der Waals surface area contributed by atoms with Gasteiger partial charge in [-0.1, -0.05) is 18.2 Å². The van der Waals surface area contributed by atoms with Crippen LogP contribution >= 0.6 is 0 Å². The van der Waals surface area contributed by atoms with Crippen molar-refractivity contribution in [3.8, 4) is 0 Å². The van der Waals surface area contributed by atoms with E-state index in [-0.39, 0.29) is 17.8 Å². The van der Waals surface area contributed by atoms with Crippen LogP contribution in [-0.2, 0) is 9.53 Å². The van der Waals surface area contributed by atoms with Gasteiger partial charge in [0.25, 0.3) is 0 Å². The Morgan fingerprint density at radius 3 is 3.08 bits per heavy atom. The topological polar surface area (TPSA) is 26.3 Å². The highest BCUT2D eigenvalue weighted by Gasteiger charge is 2.31. The van der Waals surface area contributed by atoms with Crippen LogP contribution in [0.4, 0.5) is 0 Å². The molecule has 0 heterocycles. The molecule has 13 heavy (non-hydrogen) atoms. The lowest BCUT2D eigenvalue weighted by atomic mass is 9.87. The van der Waals surface area contributed by atoms with Crippen LogP contribution < -0.4 is 0 Å². The van der Waals surface area contributed by atoms with E-state index in [4.69, 9.17) is 4.74 Å². The molecule has 2 unspecified atom stereocenters. The van der Waals surface area contributed by atoms with Gasteiger partial charge in [0.15, 0.2) is 5.78 Å². The second-order valence-electron chi connectivity index (χ2n) is 3.56. The standard InChI is InChI=1S/C11H14O2/c1-2-13-11-7-9-4-3-8(11)5-6-10(9)12/h3-6,8-9,11H,2,7H2,1H3/t8?,9?,11-/m0/s1. The number of allylic oxidation sites excluding steroid dienone is 2. The van der Waals surface area contributed by atoms with E-state index in [0.717, 1.165) is 13.0 Å². The van der Waals surface area contributed by atoms with Crippen molar-refractivity contribution in [3.05, 3.63) is 24.3 Å². The molecular formula is C11H14O2. The van der Waals surface area contributed by atoms with E-state index in [1.165, 1.54) is 0 Å². The van der Waals surface area contributed by atoms with E-state index < -0.39 is 0 Å². The van der Waals surface area contributed by atoms with E-state index in [2.05, 4.69) is 6.08 Å². The van der Waals surface area contributed by atoms with Gasteiger partial charge in [0, 0.05) is 18.4 Å². The summed E-state index contributed by atoms with van der Waals surface area (Å²) in [6.45, 7) is 2.72. The van der Waals surface area contributed by atoms with Crippen molar-refractivity contribution in [3.63, 3.8) is 0 Å². The van der Waals surface area contributed by atoms with E-state index in [1.54, 1.807) is 6.08 Å². The van der Waals surface area contributed by atoms with Crippen molar-refractivity contribution in [2.75, 3.05) is 6.61 Å². The molecule has 3 aliphatic rings. The largest absolute Gasteiger partial charge is 0.378 e. The van der Waals surface area contributed by atoms with Gasteiger partial charge in [-0.05, 0) is 19.4 Å². The minimum atomic E-state index is 0.0616. The Morgan fingerprint density at radius 2 is 2.31 bits per heavy atom. The molecule has 0 aromatic heterocycles. The third-order valence-electron chi connectivity index (χ3n) is 2.71. The normalized spacial score (nSPS) is 36.7. The average molecular weight is 178 g/mol. The van der Waals surface area contributed by atoms with Crippen LogP contribution in [0.5, 0.6) is 0 Å². The summed E-state index contributed by atoms with van der Waals surface area (Å²) in [5, 5.41) is 0. The third kappa shape index (κ3) is 1.59. The summed E-state index contributed by atoms with van der Waals surface area (Å²) < 4.78 is 5.59. The molecule has 3 aliphatic carbocycles. The van der Waals surface area contributed by atoms with Crippen molar-refractivity contribution in [2.24, 2.45) is 11.8 Å². The second-order valence-corrected chi connectivity index (χ2v) is 3.56. The number of rotatable bonds is 2. The summed E-state index contributed by atoms with van der Waals surface area (Å²) in [4.78, 5) is 11.4. The Kier molecular flexibility index (Phi) is 2.32. The Hall–Kier alpha value is -0.890. The van der Waals surface area contributed by atoms with Crippen LogP contribution in [0.1, 0.15) is 13.3 Å². The lowest BCUT2D eigenvalue weighted by Crippen LogP contribution is -2.27. The van der Waals surface area contributed by atoms with Gasteiger partial charge in [0.05, 0.1) is 6.10 Å². The van der Waals surface area contributed by atoms with Crippen LogP contribution in [-0.4, -0.2) is 18.5 Å². The fraction of sp³-hybridized carbons (Fsp3) is 0.545. The maximum atomic E-state index is 11.4. The molecule has 0 aliphatic heterocycles. The van der Waals surface area contributed by atoms with Crippen molar-refractivity contribution >= 4 is 5.78 Å². The summed E-state index contributed by atoms with van der Waals surface area (Å²) in [6, 6.07) is 0. The van der Waals surface area contributed by atoms with Crippen LogP contribution in [0, 0.1) is 11.8 Å². The van der Waals surface area contributed by atoms with E-state index in [9.17, 15) is 4.79 Å². The van der Waals surface area contributed by atoms with Gasteiger partial charge in [-0.3, -0.25) is 4.79 Å². The molecule has 0 fully saturated rings. The number of hydrogen-bond donors (Lipinski definition) is 0. The van der Waals surface area contributed by atoms with Crippen molar-refractivity contribution in [1.82, 2.24) is 0 Å². The monoisotopic (exact) mass is 178 g/mol. The van der Waals surface area contributed by atoms with Crippen molar-refractivity contribution < 1.29 is 9.53 Å². The minimum absolute atomic E-state index is 0.0616. The number of carbonyl (C=O) groups is 1. The first kappa shape index (κ1) is 8.70. The smallest absolute Gasteiger partial charge is 0.162 e. The zero-order valence-electron chi connectivity index (χ0n) is 7.77. The van der Waals surface area contributed by atoms with Gasteiger partial charge in [-0.2, -0.15) is 0 Å². The molecule has 0 radical (unpaired) electrons. The van der Waals surface area contributed by atoms with E-state index in [0.29, 0.717) is 5.92 Å². The Balaban J connectivity index is 2.19. The van der Waals surface area contributed by atoms with Gasteiger partial charge >= 0.3 is 0 Å². The fourth-order valence-electron chi connectivity index (χ4n) is 1.99. The minimum Gasteiger partial charge on any atom is -0.378 e. The Bertz CT molecular complexity index is 265. The van der Waals surface area contributed by atoms with Gasteiger partial charge < -0.3 is 4.74 Å². The Labute approximate surface area is 78.3 Å². The van der Waals surface area contributed by atoms with Crippen molar-refractivity contribution in [2.45, 2.75) is 19.4 Å². The van der Waals surface area contributed by atoms with Crippen LogP contribution in [0.2, 0.25) is 0 Å². The lowest BCUT2D eigenvalue weighted by Gasteiger charge is -2.26. The molecule has 2 nitrogen and oxygen atoms in total. The zero-order chi connectivity index (χ0) is 9.26. The van der Waals surface area contributed by atoms with Crippen LogP contribution in [0.15, 0.2) is 24.3 Å². The van der Waals surface area contributed by atoms with Crippen LogP contribution in [0.3, 0.4) is 0 Å². The summed E-state index contributed by atoms with van der Waals surface area (Å²) >= 11 is 0. The molecule has 0 spiro atoms. The number of carbonyl (C=O) groups excluding carboxylic acids is 1. The highest BCUT2D eigenvalue weighted by atomic mass is 16.5. The number of ketones is 1. The molecule has 0 N–H and O–H groups in total. The average Bonchev–Trinajstić information content (AvgIpc) is 2.39. The van der Waals surface area contributed by atoms with Gasteiger partial charge in [-0.25, -0.2) is 0 Å². The predicted molar refractivity (Wildman–Crippen MR) is 50.3 cm³/mol. The summed E-state index contributed by atoms with van der Waals surface area (Å²) in [6.07, 6.45) is 8.84. The van der Waals surface area contributed by atoms with Gasteiger partial charge in [-0.15, -0.1) is 0 Å². The highest BCUT2D eigenvalue weighted by molar-refractivity contribution is 5.93. The maximum Gasteiger partial charge on any atom is 0.162 e. The SMILES string of the molecule is CCO[C@H]1CC2C=CC1C=CC2=O. The van der Waals surface area contributed by atoms with Gasteiger partial charge in [0.1, 0.15) is 0 Å².